The van der Waals surface area contributed by atoms with E-state index in [1.807, 2.05) is 51.1 Å². The number of nitrogens with one attached hydrogen (secondary N) is 1. The number of amides is 1. The van der Waals surface area contributed by atoms with Crippen LogP contribution >= 0.6 is 0 Å². The summed E-state index contributed by atoms with van der Waals surface area (Å²) >= 11 is 0. The van der Waals surface area contributed by atoms with E-state index in [4.69, 9.17) is 4.74 Å². The lowest BCUT2D eigenvalue weighted by Crippen LogP contribution is -2.28. The van der Waals surface area contributed by atoms with Crippen molar-refractivity contribution in [2.75, 3.05) is 20.3 Å². The summed E-state index contributed by atoms with van der Waals surface area (Å²) in [5.74, 6) is 0.470. The zero-order chi connectivity index (χ0) is 19.4. The number of carbonyl (C=O) groups excluding carboxylic acids is 1. The molecular formula is C21H24N4O2. The molecule has 6 heteroatoms. The summed E-state index contributed by atoms with van der Waals surface area (Å²) in [7, 11) is 1.59. The molecule has 0 saturated carbocycles. The summed E-state index contributed by atoms with van der Waals surface area (Å²) in [6, 6.07) is 14.2. The molecule has 0 radical (unpaired) electrons. The van der Waals surface area contributed by atoms with Crippen LogP contribution in [0.15, 0.2) is 42.5 Å². The second kappa shape index (κ2) is 8.14. The van der Waals surface area contributed by atoms with Crippen molar-refractivity contribution in [3.63, 3.8) is 0 Å². The molecular weight excluding hydrogens is 340 g/mol. The summed E-state index contributed by atoms with van der Waals surface area (Å²) in [4.78, 5) is 17.0. The van der Waals surface area contributed by atoms with Gasteiger partial charge in [0.15, 0.2) is 5.82 Å². The number of hydrogen-bond donors (Lipinski definition) is 1. The van der Waals surface area contributed by atoms with Crippen LogP contribution in [-0.4, -0.2) is 40.9 Å². The Morgan fingerprint density at radius 2 is 1.89 bits per heavy atom. The molecule has 0 fully saturated rings. The highest BCUT2D eigenvalue weighted by Gasteiger charge is 2.19. The van der Waals surface area contributed by atoms with Crippen molar-refractivity contribution < 1.29 is 9.53 Å². The van der Waals surface area contributed by atoms with Gasteiger partial charge in [-0.1, -0.05) is 35.9 Å². The first-order valence-corrected chi connectivity index (χ1v) is 8.88. The minimum atomic E-state index is -0.315. The van der Waals surface area contributed by atoms with Gasteiger partial charge < -0.3 is 10.1 Å². The van der Waals surface area contributed by atoms with Crippen molar-refractivity contribution in [2.24, 2.45) is 0 Å². The van der Waals surface area contributed by atoms with Crippen LogP contribution < -0.4 is 5.32 Å². The van der Waals surface area contributed by atoms with Crippen LogP contribution in [0.3, 0.4) is 0 Å². The van der Waals surface area contributed by atoms with Crippen LogP contribution in [0, 0.1) is 20.8 Å². The van der Waals surface area contributed by atoms with Gasteiger partial charge in [0.2, 0.25) is 5.82 Å². The number of aromatic nitrogens is 3. The van der Waals surface area contributed by atoms with E-state index in [2.05, 4.69) is 27.5 Å². The summed E-state index contributed by atoms with van der Waals surface area (Å²) in [5, 5.41) is 7.30. The number of rotatable bonds is 6. The third-order valence-corrected chi connectivity index (χ3v) is 4.27. The number of nitrogens with zero attached hydrogens (tertiary/aromatic N) is 3. The molecule has 0 aliphatic carbocycles. The minimum Gasteiger partial charge on any atom is -0.383 e. The quantitative estimate of drug-likeness (QED) is 0.682. The number of carbonyl (C=O) groups is 1. The molecule has 0 bridgehead atoms. The Hall–Kier alpha value is -2.99. The highest BCUT2D eigenvalue weighted by Crippen LogP contribution is 2.24. The van der Waals surface area contributed by atoms with E-state index < -0.39 is 0 Å². The Morgan fingerprint density at radius 1 is 1.11 bits per heavy atom. The molecule has 1 heterocycles. The van der Waals surface area contributed by atoms with Gasteiger partial charge >= 0.3 is 0 Å². The van der Waals surface area contributed by atoms with Crippen molar-refractivity contribution in [3.05, 3.63) is 65.0 Å². The maximum Gasteiger partial charge on any atom is 0.291 e. The monoisotopic (exact) mass is 364 g/mol. The third kappa shape index (κ3) is 4.23. The van der Waals surface area contributed by atoms with Crippen molar-refractivity contribution >= 4 is 5.91 Å². The Labute approximate surface area is 159 Å². The smallest absolute Gasteiger partial charge is 0.291 e. The van der Waals surface area contributed by atoms with Crippen LogP contribution in [0.1, 0.15) is 27.3 Å². The molecule has 1 amide bonds. The van der Waals surface area contributed by atoms with Crippen LogP contribution in [-0.2, 0) is 4.74 Å². The molecule has 0 aliphatic rings. The van der Waals surface area contributed by atoms with Crippen molar-refractivity contribution in [3.8, 4) is 17.1 Å². The molecule has 3 aromatic rings. The van der Waals surface area contributed by atoms with E-state index in [9.17, 15) is 4.79 Å². The van der Waals surface area contributed by atoms with Crippen LogP contribution in [0.5, 0.6) is 0 Å². The Balaban J connectivity index is 2.10. The average molecular weight is 364 g/mol. The Kier molecular flexibility index (Phi) is 5.66. The molecule has 27 heavy (non-hydrogen) atoms. The molecule has 3 rings (SSSR count). The van der Waals surface area contributed by atoms with Crippen molar-refractivity contribution in [1.82, 2.24) is 20.1 Å². The largest absolute Gasteiger partial charge is 0.383 e. The number of aryl methyl sites for hydroxylation is 3. The molecule has 6 nitrogen and oxygen atoms in total. The number of benzene rings is 2. The average Bonchev–Trinajstić information content (AvgIpc) is 3.09. The van der Waals surface area contributed by atoms with Gasteiger partial charge in [0.1, 0.15) is 0 Å². The molecule has 1 N–H and O–H groups in total. The topological polar surface area (TPSA) is 69.0 Å². The molecule has 0 aliphatic heterocycles. The van der Waals surface area contributed by atoms with Crippen LogP contribution in [0.4, 0.5) is 0 Å². The number of ether oxygens (including phenoxy) is 1. The van der Waals surface area contributed by atoms with E-state index in [0.29, 0.717) is 19.0 Å². The lowest BCUT2D eigenvalue weighted by atomic mass is 10.1. The number of methoxy groups -OCH3 is 1. The van der Waals surface area contributed by atoms with Gasteiger partial charge in [0.25, 0.3) is 5.91 Å². The fourth-order valence-electron chi connectivity index (χ4n) is 2.84. The molecule has 1 aromatic heterocycles. The van der Waals surface area contributed by atoms with Gasteiger partial charge in [-0.15, -0.1) is 5.10 Å². The first-order chi connectivity index (χ1) is 13.0. The van der Waals surface area contributed by atoms with Gasteiger partial charge in [-0.2, -0.15) is 0 Å². The van der Waals surface area contributed by atoms with Gasteiger partial charge in [0, 0.05) is 19.2 Å². The molecule has 0 atom stereocenters. The lowest BCUT2D eigenvalue weighted by Gasteiger charge is -2.10. The van der Waals surface area contributed by atoms with Gasteiger partial charge in [0.05, 0.1) is 12.3 Å². The van der Waals surface area contributed by atoms with E-state index in [-0.39, 0.29) is 11.7 Å². The zero-order valence-corrected chi connectivity index (χ0v) is 16.1. The maximum atomic E-state index is 12.5. The standard InChI is InChI=1S/C21H24N4O2/c1-14-6-5-7-17(12-14)20-23-19(21(26)22-10-11-27-4)24-25(20)18-13-15(2)8-9-16(18)3/h5-9,12-13H,10-11H2,1-4H3,(H,22,26). The Morgan fingerprint density at radius 3 is 2.63 bits per heavy atom. The molecule has 2 aromatic carbocycles. The first kappa shape index (κ1) is 18.8. The lowest BCUT2D eigenvalue weighted by molar-refractivity contribution is 0.0927. The summed E-state index contributed by atoms with van der Waals surface area (Å²) in [6.45, 7) is 6.93. The number of hydrogen-bond acceptors (Lipinski definition) is 4. The van der Waals surface area contributed by atoms with Gasteiger partial charge in [-0.25, -0.2) is 9.67 Å². The fraction of sp³-hybridized carbons (Fsp3) is 0.286. The van der Waals surface area contributed by atoms with E-state index in [1.54, 1.807) is 11.8 Å². The predicted molar refractivity (Wildman–Crippen MR) is 105 cm³/mol. The maximum absolute atomic E-state index is 12.5. The normalized spacial score (nSPS) is 10.8. The SMILES string of the molecule is COCCNC(=O)c1nc(-c2cccc(C)c2)n(-c2cc(C)ccc2C)n1. The third-order valence-electron chi connectivity index (χ3n) is 4.27. The summed E-state index contributed by atoms with van der Waals surface area (Å²) in [5.41, 5.74) is 5.13. The van der Waals surface area contributed by atoms with Crippen LogP contribution in [0.2, 0.25) is 0 Å². The molecule has 0 spiro atoms. The highest BCUT2D eigenvalue weighted by molar-refractivity contribution is 5.91. The predicted octanol–water partition coefficient (Wildman–Crippen LogP) is 3.24. The zero-order valence-electron chi connectivity index (χ0n) is 16.1. The minimum absolute atomic E-state index is 0.142. The molecule has 0 saturated heterocycles. The summed E-state index contributed by atoms with van der Waals surface area (Å²) < 4.78 is 6.73. The van der Waals surface area contributed by atoms with E-state index in [1.165, 1.54) is 0 Å². The molecule has 140 valence electrons. The summed E-state index contributed by atoms with van der Waals surface area (Å²) in [6.07, 6.45) is 0. The molecule has 0 unspecified atom stereocenters. The second-order valence-electron chi connectivity index (χ2n) is 6.58. The van der Waals surface area contributed by atoms with Gasteiger partial charge in [-0.05, 0) is 44.0 Å². The van der Waals surface area contributed by atoms with E-state index in [0.717, 1.165) is 27.9 Å². The Bertz CT molecular complexity index is 963. The van der Waals surface area contributed by atoms with Crippen molar-refractivity contribution in [1.29, 1.82) is 0 Å². The van der Waals surface area contributed by atoms with Crippen molar-refractivity contribution in [2.45, 2.75) is 20.8 Å². The van der Waals surface area contributed by atoms with E-state index >= 15 is 0 Å². The van der Waals surface area contributed by atoms with Gasteiger partial charge in [-0.3, -0.25) is 4.79 Å². The second-order valence-corrected chi connectivity index (χ2v) is 6.58. The highest BCUT2D eigenvalue weighted by atomic mass is 16.5. The van der Waals surface area contributed by atoms with Crippen LogP contribution in [0.25, 0.3) is 17.1 Å². The fourth-order valence-corrected chi connectivity index (χ4v) is 2.84. The first-order valence-electron chi connectivity index (χ1n) is 8.88.